The van der Waals surface area contributed by atoms with Gasteiger partial charge in [-0.1, -0.05) is 36.4 Å². The van der Waals surface area contributed by atoms with E-state index in [1.54, 1.807) is 48.7 Å². The average Bonchev–Trinajstić information content (AvgIpc) is 2.92. The van der Waals surface area contributed by atoms with E-state index in [2.05, 4.69) is 10.3 Å². The highest BCUT2D eigenvalue weighted by Gasteiger charge is 2.26. The number of benzene rings is 1. The number of anilines is 1. The van der Waals surface area contributed by atoms with Crippen LogP contribution < -0.4 is 5.32 Å². The first-order valence-electron chi connectivity index (χ1n) is 7.46. The summed E-state index contributed by atoms with van der Waals surface area (Å²) in [6.07, 6.45) is 2.67. The van der Waals surface area contributed by atoms with E-state index in [0.717, 1.165) is 6.26 Å². The zero-order valence-corrected chi connectivity index (χ0v) is 14.2. The molecule has 25 heavy (non-hydrogen) atoms. The molecule has 0 spiro atoms. The maximum atomic E-state index is 11.8. The summed E-state index contributed by atoms with van der Waals surface area (Å²) in [7, 11) is -3.32. The van der Waals surface area contributed by atoms with Crippen molar-refractivity contribution in [2.45, 2.75) is 6.04 Å². The zero-order valence-electron chi connectivity index (χ0n) is 13.4. The summed E-state index contributed by atoms with van der Waals surface area (Å²) in [4.78, 5) is 15.2. The van der Waals surface area contributed by atoms with Gasteiger partial charge in [-0.15, -0.1) is 0 Å². The first-order valence-corrected chi connectivity index (χ1v) is 9.52. The average molecular weight is 360 g/mol. The first kappa shape index (κ1) is 16.9. The fourth-order valence-electron chi connectivity index (χ4n) is 2.63. The number of imidazole rings is 1. The Morgan fingerprint density at radius 2 is 1.88 bits per heavy atom. The van der Waals surface area contributed by atoms with Crippen molar-refractivity contribution in [1.29, 1.82) is 0 Å². The molecular weight excluding hydrogens is 344 g/mol. The van der Waals surface area contributed by atoms with Gasteiger partial charge in [0.2, 0.25) is 11.5 Å². The predicted octanol–water partition coefficient (Wildman–Crippen LogP) is 2.44. The molecule has 1 unspecified atom stereocenters. The number of sulfone groups is 1. The number of hydrogen-bond donors (Lipinski definition) is 1. The van der Waals surface area contributed by atoms with E-state index in [-0.39, 0.29) is 17.4 Å². The molecule has 8 nitrogen and oxygen atoms in total. The van der Waals surface area contributed by atoms with Crippen molar-refractivity contribution in [2.24, 2.45) is 0 Å². The maximum Gasteiger partial charge on any atom is 0.372 e. The third kappa shape index (κ3) is 3.77. The van der Waals surface area contributed by atoms with Gasteiger partial charge in [0.1, 0.15) is 9.84 Å². The fraction of sp³-hybridized carbons (Fsp3) is 0.188. The van der Waals surface area contributed by atoms with E-state index in [9.17, 15) is 18.5 Å². The van der Waals surface area contributed by atoms with Gasteiger partial charge in [0, 0.05) is 12.3 Å². The largest absolute Gasteiger partial charge is 0.372 e. The highest BCUT2D eigenvalue weighted by molar-refractivity contribution is 7.90. The molecule has 0 saturated carbocycles. The molecule has 1 aromatic carbocycles. The van der Waals surface area contributed by atoms with Gasteiger partial charge >= 0.3 is 5.82 Å². The molecule has 2 aromatic heterocycles. The van der Waals surface area contributed by atoms with E-state index < -0.39 is 20.8 Å². The lowest BCUT2D eigenvalue weighted by atomic mass is 10.1. The van der Waals surface area contributed by atoms with Crippen LogP contribution in [0.4, 0.5) is 11.6 Å². The van der Waals surface area contributed by atoms with Crippen molar-refractivity contribution in [2.75, 3.05) is 17.3 Å². The molecule has 130 valence electrons. The predicted molar refractivity (Wildman–Crippen MR) is 94.4 cm³/mol. The van der Waals surface area contributed by atoms with Crippen LogP contribution in [0.2, 0.25) is 0 Å². The monoisotopic (exact) mass is 360 g/mol. The van der Waals surface area contributed by atoms with Crippen molar-refractivity contribution in [1.82, 2.24) is 9.38 Å². The van der Waals surface area contributed by atoms with Gasteiger partial charge in [-0.3, -0.25) is 0 Å². The molecule has 1 atom stereocenters. The second kappa shape index (κ2) is 6.52. The summed E-state index contributed by atoms with van der Waals surface area (Å²) in [5, 5.41) is 14.4. The standard InChI is InChI=1S/C16H16N4O4S/c1-25(23,24)11-13(12-7-3-2-4-8-12)17-15-16(20(21)22)19-10-6-5-9-14(19)18-15/h2-10,13,17H,11H2,1H3. The highest BCUT2D eigenvalue weighted by Crippen LogP contribution is 2.29. The molecule has 0 fully saturated rings. The van der Waals surface area contributed by atoms with Crippen LogP contribution in [-0.4, -0.2) is 34.7 Å². The van der Waals surface area contributed by atoms with Gasteiger partial charge in [-0.25, -0.2) is 8.42 Å². The van der Waals surface area contributed by atoms with Gasteiger partial charge in [0.15, 0.2) is 0 Å². The van der Waals surface area contributed by atoms with Gasteiger partial charge in [0.05, 0.1) is 18.0 Å². The van der Waals surface area contributed by atoms with Crippen LogP contribution in [0.25, 0.3) is 5.65 Å². The molecule has 0 bridgehead atoms. The van der Waals surface area contributed by atoms with Crippen molar-refractivity contribution in [3.8, 4) is 0 Å². The molecular formula is C16H16N4O4S. The van der Waals surface area contributed by atoms with Crippen molar-refractivity contribution in [3.05, 3.63) is 70.4 Å². The lowest BCUT2D eigenvalue weighted by Crippen LogP contribution is -2.21. The molecule has 2 heterocycles. The van der Waals surface area contributed by atoms with Gasteiger partial charge in [0.25, 0.3) is 0 Å². The van der Waals surface area contributed by atoms with E-state index in [1.807, 2.05) is 6.07 Å². The van der Waals surface area contributed by atoms with Gasteiger partial charge in [-0.05, 0) is 16.6 Å². The minimum atomic E-state index is -3.32. The number of nitro groups is 1. The molecule has 0 aliphatic heterocycles. The van der Waals surface area contributed by atoms with E-state index in [4.69, 9.17) is 0 Å². The molecule has 0 aliphatic rings. The number of pyridine rings is 1. The summed E-state index contributed by atoms with van der Waals surface area (Å²) in [5.41, 5.74) is 1.11. The van der Waals surface area contributed by atoms with Gasteiger partial charge in [-0.2, -0.15) is 9.38 Å². The Morgan fingerprint density at radius 1 is 1.20 bits per heavy atom. The lowest BCUT2D eigenvalue weighted by molar-refractivity contribution is -0.389. The number of hydrogen-bond acceptors (Lipinski definition) is 6. The zero-order chi connectivity index (χ0) is 18.0. The second-order valence-electron chi connectivity index (χ2n) is 5.67. The fourth-order valence-corrected chi connectivity index (χ4v) is 3.51. The molecule has 1 N–H and O–H groups in total. The summed E-state index contributed by atoms with van der Waals surface area (Å²) in [6.45, 7) is 0. The van der Waals surface area contributed by atoms with E-state index in [0.29, 0.717) is 11.2 Å². The molecule has 0 aliphatic carbocycles. The van der Waals surface area contributed by atoms with Crippen molar-refractivity contribution >= 4 is 27.1 Å². The van der Waals surface area contributed by atoms with Crippen LogP contribution in [-0.2, 0) is 9.84 Å². The summed E-state index contributed by atoms with van der Waals surface area (Å²) in [5.74, 6) is -0.402. The quantitative estimate of drug-likeness (QED) is 0.534. The molecule has 9 heteroatoms. The van der Waals surface area contributed by atoms with Crippen LogP contribution in [0.3, 0.4) is 0 Å². The molecule has 0 radical (unpaired) electrons. The second-order valence-corrected chi connectivity index (χ2v) is 7.85. The first-order chi connectivity index (χ1) is 11.8. The molecule has 0 amide bonds. The molecule has 3 aromatic rings. The van der Waals surface area contributed by atoms with Crippen molar-refractivity contribution < 1.29 is 13.3 Å². The Kier molecular flexibility index (Phi) is 4.41. The topological polar surface area (TPSA) is 107 Å². The van der Waals surface area contributed by atoms with E-state index in [1.165, 1.54) is 4.40 Å². The SMILES string of the molecule is CS(=O)(=O)CC(Nc1nc2ccccn2c1[N+](=O)[O-])c1ccccc1. The Balaban J connectivity index is 2.07. The van der Waals surface area contributed by atoms with Crippen LogP contribution >= 0.6 is 0 Å². The molecule has 3 rings (SSSR count). The third-order valence-electron chi connectivity index (χ3n) is 3.66. The van der Waals surface area contributed by atoms with Crippen molar-refractivity contribution in [3.63, 3.8) is 0 Å². The Bertz CT molecular complexity index is 1020. The Hall–Kier alpha value is -2.94. The lowest BCUT2D eigenvalue weighted by Gasteiger charge is -2.17. The number of nitrogens with zero attached hydrogens (tertiary/aromatic N) is 3. The Labute approximate surface area is 144 Å². The summed E-state index contributed by atoms with van der Waals surface area (Å²) in [6, 6.07) is 13.3. The number of fused-ring (bicyclic) bond motifs is 1. The normalized spacial score (nSPS) is 12.8. The van der Waals surface area contributed by atoms with Gasteiger partial charge < -0.3 is 15.4 Å². The smallest absolute Gasteiger partial charge is 0.358 e. The highest BCUT2D eigenvalue weighted by atomic mass is 32.2. The number of rotatable bonds is 6. The number of nitrogens with one attached hydrogen (secondary N) is 1. The Morgan fingerprint density at radius 3 is 2.52 bits per heavy atom. The summed E-state index contributed by atoms with van der Waals surface area (Å²) >= 11 is 0. The van der Waals surface area contributed by atoms with Crippen LogP contribution in [0.15, 0.2) is 54.7 Å². The summed E-state index contributed by atoms with van der Waals surface area (Å²) < 4.78 is 24.9. The van der Waals surface area contributed by atoms with Crippen LogP contribution in [0.5, 0.6) is 0 Å². The minimum Gasteiger partial charge on any atom is -0.358 e. The number of aromatic nitrogens is 2. The molecule has 0 saturated heterocycles. The van der Waals surface area contributed by atoms with Crippen LogP contribution in [0, 0.1) is 10.1 Å². The van der Waals surface area contributed by atoms with Crippen LogP contribution in [0.1, 0.15) is 11.6 Å². The minimum absolute atomic E-state index is 0.0358. The van der Waals surface area contributed by atoms with E-state index >= 15 is 0 Å². The maximum absolute atomic E-state index is 11.8. The third-order valence-corrected chi connectivity index (χ3v) is 4.60.